The monoisotopic (exact) mass is 437 g/mol. The van der Waals surface area contributed by atoms with Gasteiger partial charge in [0.1, 0.15) is 5.82 Å². The zero-order chi connectivity index (χ0) is 21.1. The molecule has 0 bridgehead atoms. The topological polar surface area (TPSA) is 57.8 Å². The highest BCUT2D eigenvalue weighted by molar-refractivity contribution is 7.98. The van der Waals surface area contributed by atoms with Crippen LogP contribution in [0.5, 0.6) is 0 Å². The predicted molar refractivity (Wildman–Crippen MR) is 121 cm³/mol. The third-order valence-corrected chi connectivity index (χ3v) is 5.68. The molecule has 0 spiro atoms. The van der Waals surface area contributed by atoms with Gasteiger partial charge < -0.3 is 5.32 Å². The third kappa shape index (κ3) is 4.25. The summed E-state index contributed by atoms with van der Waals surface area (Å²) in [5, 5.41) is 10.3. The molecule has 3 aromatic carbocycles. The fourth-order valence-corrected chi connectivity index (χ4v) is 3.82. The van der Waals surface area contributed by atoms with Crippen LogP contribution in [-0.4, -0.2) is 22.4 Å². The largest absolute Gasteiger partial charge is 0.322 e. The van der Waals surface area contributed by atoms with Gasteiger partial charge in [0, 0.05) is 27.9 Å². The van der Waals surface area contributed by atoms with E-state index in [-0.39, 0.29) is 11.7 Å². The number of amides is 1. The standard InChI is InChI=1S/C23H17ClFN3OS/c1-30-17-6-7-18(19(13-17)14-3-2-4-15(25)11-14)23(29)27-16-5-8-21(24)20(12-16)22-9-10-26-28-22/h2-13H,1H3,(H,26,28)(H,27,29). The Labute approximate surface area is 182 Å². The van der Waals surface area contributed by atoms with Gasteiger partial charge in [0.25, 0.3) is 5.91 Å². The number of nitrogens with one attached hydrogen (secondary N) is 2. The number of thioether (sulfide) groups is 1. The quantitative estimate of drug-likeness (QED) is 0.350. The van der Waals surface area contributed by atoms with Crippen LogP contribution in [0.2, 0.25) is 5.02 Å². The van der Waals surface area contributed by atoms with Crippen molar-refractivity contribution in [2.24, 2.45) is 0 Å². The summed E-state index contributed by atoms with van der Waals surface area (Å²) in [5.74, 6) is -0.643. The first-order valence-electron chi connectivity index (χ1n) is 9.10. The molecule has 0 saturated heterocycles. The number of halogens is 2. The lowest BCUT2D eigenvalue weighted by Gasteiger charge is -2.13. The maximum Gasteiger partial charge on any atom is 0.256 e. The van der Waals surface area contributed by atoms with Crippen LogP contribution >= 0.6 is 23.4 Å². The van der Waals surface area contributed by atoms with E-state index in [1.807, 2.05) is 18.4 Å². The number of H-pyrrole nitrogens is 1. The van der Waals surface area contributed by atoms with Crippen LogP contribution in [0.4, 0.5) is 10.1 Å². The Hall–Kier alpha value is -3.09. The molecule has 1 heterocycles. The molecule has 0 aliphatic heterocycles. The molecular weight excluding hydrogens is 421 g/mol. The minimum Gasteiger partial charge on any atom is -0.322 e. The second-order valence-corrected chi connectivity index (χ2v) is 7.83. The highest BCUT2D eigenvalue weighted by Gasteiger charge is 2.16. The van der Waals surface area contributed by atoms with E-state index in [4.69, 9.17) is 11.6 Å². The van der Waals surface area contributed by atoms with Crippen LogP contribution in [-0.2, 0) is 0 Å². The summed E-state index contributed by atoms with van der Waals surface area (Å²) in [6.07, 6.45) is 3.59. The highest BCUT2D eigenvalue weighted by Crippen LogP contribution is 2.32. The van der Waals surface area contributed by atoms with Gasteiger partial charge in [0.2, 0.25) is 0 Å². The van der Waals surface area contributed by atoms with Crippen molar-refractivity contribution in [3.63, 3.8) is 0 Å². The molecule has 7 heteroatoms. The molecule has 1 aromatic heterocycles. The molecule has 0 fully saturated rings. The Bertz CT molecular complexity index is 1210. The molecule has 0 unspecified atom stereocenters. The minimum absolute atomic E-state index is 0.292. The normalized spacial score (nSPS) is 10.8. The summed E-state index contributed by atoms with van der Waals surface area (Å²) in [4.78, 5) is 14.1. The molecule has 2 N–H and O–H groups in total. The maximum atomic E-state index is 13.8. The van der Waals surface area contributed by atoms with Crippen LogP contribution in [0.25, 0.3) is 22.4 Å². The molecule has 0 atom stereocenters. The van der Waals surface area contributed by atoms with Gasteiger partial charge in [-0.05, 0) is 72.0 Å². The minimum atomic E-state index is -0.352. The third-order valence-electron chi connectivity index (χ3n) is 4.62. The summed E-state index contributed by atoms with van der Waals surface area (Å²) < 4.78 is 13.8. The number of anilines is 1. The second kappa shape index (κ2) is 8.73. The Kier molecular flexibility index (Phi) is 5.88. The first-order valence-corrected chi connectivity index (χ1v) is 10.7. The lowest BCUT2D eigenvalue weighted by Crippen LogP contribution is -2.13. The number of aromatic nitrogens is 2. The molecule has 4 rings (SSSR count). The molecule has 0 saturated carbocycles. The molecule has 4 nitrogen and oxygen atoms in total. The SMILES string of the molecule is CSc1ccc(C(=O)Nc2ccc(Cl)c(-c3ccn[nH]3)c2)c(-c2cccc(F)c2)c1. The van der Waals surface area contributed by atoms with E-state index in [0.717, 1.165) is 16.2 Å². The Morgan fingerprint density at radius 2 is 1.93 bits per heavy atom. The Balaban J connectivity index is 1.70. The van der Waals surface area contributed by atoms with Gasteiger partial charge in [-0.1, -0.05) is 23.7 Å². The zero-order valence-electron chi connectivity index (χ0n) is 15.9. The van der Waals surface area contributed by atoms with Gasteiger partial charge >= 0.3 is 0 Å². The van der Waals surface area contributed by atoms with Gasteiger partial charge in [0.15, 0.2) is 0 Å². The van der Waals surface area contributed by atoms with Crippen molar-refractivity contribution >= 4 is 35.0 Å². The van der Waals surface area contributed by atoms with Crippen LogP contribution in [0.15, 0.2) is 77.8 Å². The first-order chi connectivity index (χ1) is 14.5. The van der Waals surface area contributed by atoms with Crippen molar-refractivity contribution in [3.05, 3.63) is 89.3 Å². The van der Waals surface area contributed by atoms with Crippen molar-refractivity contribution in [1.29, 1.82) is 0 Å². The molecule has 1 amide bonds. The van der Waals surface area contributed by atoms with E-state index < -0.39 is 0 Å². The Morgan fingerprint density at radius 3 is 2.67 bits per heavy atom. The van der Waals surface area contributed by atoms with Gasteiger partial charge in [-0.25, -0.2) is 4.39 Å². The maximum absolute atomic E-state index is 13.8. The van der Waals surface area contributed by atoms with Crippen molar-refractivity contribution in [2.45, 2.75) is 4.90 Å². The number of carbonyl (C=O) groups excluding carboxylic acids is 1. The van der Waals surface area contributed by atoms with E-state index in [2.05, 4.69) is 15.5 Å². The summed E-state index contributed by atoms with van der Waals surface area (Å²) >= 11 is 7.86. The van der Waals surface area contributed by atoms with Crippen LogP contribution in [0.3, 0.4) is 0 Å². The molecule has 4 aromatic rings. The summed E-state index contributed by atoms with van der Waals surface area (Å²) in [5.41, 5.74) is 3.84. The van der Waals surface area contributed by atoms with E-state index in [0.29, 0.717) is 27.4 Å². The van der Waals surface area contributed by atoms with E-state index in [1.165, 1.54) is 12.1 Å². The molecule has 0 radical (unpaired) electrons. The van der Waals surface area contributed by atoms with Crippen molar-refractivity contribution in [1.82, 2.24) is 10.2 Å². The van der Waals surface area contributed by atoms with Crippen molar-refractivity contribution < 1.29 is 9.18 Å². The number of aromatic amines is 1. The molecular formula is C23H17ClFN3OS. The van der Waals surface area contributed by atoms with Crippen LogP contribution in [0, 0.1) is 5.82 Å². The Morgan fingerprint density at radius 1 is 1.07 bits per heavy atom. The van der Waals surface area contributed by atoms with Crippen LogP contribution in [0.1, 0.15) is 10.4 Å². The zero-order valence-corrected chi connectivity index (χ0v) is 17.5. The van der Waals surface area contributed by atoms with Gasteiger partial charge in [-0.3, -0.25) is 9.89 Å². The number of nitrogens with zero attached hydrogens (tertiary/aromatic N) is 1. The summed E-state index contributed by atoms with van der Waals surface area (Å²) in [6, 6.07) is 18.8. The first kappa shape index (κ1) is 20.2. The lowest BCUT2D eigenvalue weighted by atomic mass is 9.99. The smallest absolute Gasteiger partial charge is 0.256 e. The average Bonchev–Trinajstić information content (AvgIpc) is 3.29. The van der Waals surface area contributed by atoms with E-state index in [1.54, 1.807) is 60.4 Å². The number of rotatable bonds is 5. The van der Waals surface area contributed by atoms with E-state index >= 15 is 0 Å². The number of benzene rings is 3. The highest BCUT2D eigenvalue weighted by atomic mass is 35.5. The van der Waals surface area contributed by atoms with E-state index in [9.17, 15) is 9.18 Å². The fourth-order valence-electron chi connectivity index (χ4n) is 3.16. The van der Waals surface area contributed by atoms with Crippen molar-refractivity contribution in [3.8, 4) is 22.4 Å². The molecule has 0 aliphatic carbocycles. The van der Waals surface area contributed by atoms with Gasteiger partial charge in [0.05, 0.1) is 10.7 Å². The predicted octanol–water partition coefficient (Wildman–Crippen LogP) is 6.51. The van der Waals surface area contributed by atoms with Crippen LogP contribution < -0.4 is 5.32 Å². The van der Waals surface area contributed by atoms with Crippen molar-refractivity contribution in [2.75, 3.05) is 11.6 Å². The van der Waals surface area contributed by atoms with Gasteiger partial charge in [-0.2, -0.15) is 5.10 Å². The molecule has 0 aliphatic rings. The summed E-state index contributed by atoms with van der Waals surface area (Å²) in [7, 11) is 0. The second-order valence-electron chi connectivity index (χ2n) is 6.54. The number of hydrogen-bond donors (Lipinski definition) is 2. The molecule has 150 valence electrons. The fraction of sp³-hybridized carbons (Fsp3) is 0.0435. The lowest BCUT2D eigenvalue weighted by molar-refractivity contribution is 0.102. The number of hydrogen-bond acceptors (Lipinski definition) is 3. The average molecular weight is 438 g/mol. The number of carbonyl (C=O) groups is 1. The summed E-state index contributed by atoms with van der Waals surface area (Å²) in [6.45, 7) is 0. The molecule has 30 heavy (non-hydrogen) atoms. The van der Waals surface area contributed by atoms with Gasteiger partial charge in [-0.15, -0.1) is 11.8 Å².